The van der Waals surface area contributed by atoms with Crippen molar-refractivity contribution >= 4 is 35.2 Å². The fourth-order valence-corrected chi connectivity index (χ4v) is 6.43. The zero-order valence-corrected chi connectivity index (χ0v) is 21.7. The van der Waals surface area contributed by atoms with E-state index >= 15 is 0 Å². The van der Waals surface area contributed by atoms with Crippen LogP contribution in [0.15, 0.2) is 71.8 Å². The smallest absolute Gasteiger partial charge is 0.255 e. The molecule has 0 spiro atoms. The molecule has 1 fully saturated rings. The van der Waals surface area contributed by atoms with Gasteiger partial charge in [-0.1, -0.05) is 48.0 Å². The van der Waals surface area contributed by atoms with Gasteiger partial charge in [-0.2, -0.15) is 0 Å². The standard InChI is InChI=1S/C28H28ClN3O4S/c29-19-6-3-5-18(13-19)23-8-4-12-32(23)28(36)26(34)25(33)27(35)31-15-17-10-11-22(30-14-17)21-16-37-24-9-2-1-7-20(21)24/h1-3,5-7,9-11,13-14,21,23,25-26,33-34H,4,8,12,15-16H2,(H,31,35)/t21?,23?,25-,26-/m1/s1. The van der Waals surface area contributed by atoms with E-state index in [-0.39, 0.29) is 18.5 Å². The number of rotatable bonds is 7. The zero-order valence-electron chi connectivity index (χ0n) is 20.1. The van der Waals surface area contributed by atoms with E-state index in [0.29, 0.717) is 11.6 Å². The molecule has 192 valence electrons. The van der Waals surface area contributed by atoms with Gasteiger partial charge in [0, 0.05) is 46.6 Å². The van der Waals surface area contributed by atoms with Crippen molar-refractivity contribution in [3.63, 3.8) is 0 Å². The van der Waals surface area contributed by atoms with Gasteiger partial charge in [0.1, 0.15) is 0 Å². The van der Waals surface area contributed by atoms with Gasteiger partial charge >= 0.3 is 0 Å². The topological polar surface area (TPSA) is 103 Å². The maximum atomic E-state index is 13.0. The van der Waals surface area contributed by atoms with Gasteiger partial charge in [0.05, 0.1) is 6.04 Å². The van der Waals surface area contributed by atoms with E-state index < -0.39 is 24.0 Å². The summed E-state index contributed by atoms with van der Waals surface area (Å²) in [6.45, 7) is 0.554. The molecule has 1 aromatic heterocycles. The number of fused-ring (bicyclic) bond motifs is 1. The number of benzene rings is 2. The molecule has 2 unspecified atom stereocenters. The molecule has 5 rings (SSSR count). The van der Waals surface area contributed by atoms with Crippen LogP contribution in [0.5, 0.6) is 0 Å². The van der Waals surface area contributed by atoms with Crippen molar-refractivity contribution in [2.75, 3.05) is 12.3 Å². The minimum Gasteiger partial charge on any atom is -0.380 e. The predicted molar refractivity (Wildman–Crippen MR) is 142 cm³/mol. The van der Waals surface area contributed by atoms with E-state index in [0.717, 1.165) is 35.4 Å². The quantitative estimate of drug-likeness (QED) is 0.425. The first-order chi connectivity index (χ1) is 17.9. The first-order valence-electron chi connectivity index (χ1n) is 12.3. The normalized spacial score (nSPS) is 20.4. The van der Waals surface area contributed by atoms with Gasteiger partial charge < -0.3 is 20.4 Å². The minimum atomic E-state index is -1.88. The summed E-state index contributed by atoms with van der Waals surface area (Å²) < 4.78 is 0. The van der Waals surface area contributed by atoms with Crippen LogP contribution < -0.4 is 5.32 Å². The number of nitrogens with zero attached hydrogens (tertiary/aromatic N) is 2. The number of nitrogens with one attached hydrogen (secondary N) is 1. The van der Waals surface area contributed by atoms with Gasteiger partial charge in [-0.05, 0) is 53.8 Å². The Bertz CT molecular complexity index is 1290. The van der Waals surface area contributed by atoms with E-state index in [4.69, 9.17) is 11.6 Å². The van der Waals surface area contributed by atoms with E-state index in [2.05, 4.69) is 22.4 Å². The number of carbonyl (C=O) groups excluding carboxylic acids is 2. The number of aliphatic hydroxyl groups excluding tert-OH is 2. The summed E-state index contributed by atoms with van der Waals surface area (Å²) in [6.07, 6.45) is -0.566. The first kappa shape index (κ1) is 25.7. The maximum absolute atomic E-state index is 13.0. The fraction of sp³-hybridized carbons (Fsp3) is 0.321. The van der Waals surface area contributed by atoms with Crippen molar-refractivity contribution in [2.45, 2.75) is 48.4 Å². The molecule has 9 heteroatoms. The van der Waals surface area contributed by atoms with Crippen LogP contribution in [0.3, 0.4) is 0 Å². The van der Waals surface area contributed by atoms with Crippen LogP contribution in [0.4, 0.5) is 0 Å². The average Bonchev–Trinajstić information content (AvgIpc) is 3.58. The van der Waals surface area contributed by atoms with E-state index in [9.17, 15) is 19.8 Å². The number of aromatic nitrogens is 1. The highest BCUT2D eigenvalue weighted by molar-refractivity contribution is 7.99. The van der Waals surface area contributed by atoms with E-state index in [1.807, 2.05) is 48.2 Å². The van der Waals surface area contributed by atoms with Gasteiger partial charge in [0.25, 0.3) is 11.8 Å². The number of amides is 2. The summed E-state index contributed by atoms with van der Waals surface area (Å²) in [5.41, 5.74) is 3.86. The average molecular weight is 538 g/mol. The molecule has 3 aromatic rings. The van der Waals surface area contributed by atoms with Crippen LogP contribution in [0, 0.1) is 0 Å². The third-order valence-corrected chi connectivity index (χ3v) is 8.38. The van der Waals surface area contributed by atoms with E-state index in [1.54, 1.807) is 18.3 Å². The monoisotopic (exact) mass is 537 g/mol. The summed E-state index contributed by atoms with van der Waals surface area (Å²) in [5.74, 6) is -0.319. The van der Waals surface area contributed by atoms with Crippen LogP contribution in [0.2, 0.25) is 5.02 Å². The molecular weight excluding hydrogens is 510 g/mol. The SMILES string of the molecule is O=C(NCc1ccc(C2CSc3ccccc32)nc1)[C@H](O)[C@@H](O)C(=O)N1CCCC1c1cccc(Cl)c1. The third-order valence-electron chi connectivity index (χ3n) is 6.96. The molecule has 3 N–H and O–H groups in total. The van der Waals surface area contributed by atoms with Crippen molar-refractivity contribution in [1.82, 2.24) is 15.2 Å². The van der Waals surface area contributed by atoms with Crippen LogP contribution in [-0.4, -0.2) is 56.4 Å². The van der Waals surface area contributed by atoms with Crippen LogP contribution in [-0.2, 0) is 16.1 Å². The molecule has 2 aliphatic rings. The lowest BCUT2D eigenvalue weighted by Gasteiger charge is -2.28. The second-order valence-corrected chi connectivity index (χ2v) is 10.8. The number of aliphatic hydroxyl groups is 2. The molecule has 0 radical (unpaired) electrons. The Hall–Kier alpha value is -2.91. The first-order valence-corrected chi connectivity index (χ1v) is 13.6. The lowest BCUT2D eigenvalue weighted by molar-refractivity contribution is -0.153. The van der Waals surface area contributed by atoms with Crippen molar-refractivity contribution in [3.05, 3.63) is 94.3 Å². The Labute approximate surface area is 224 Å². The molecule has 37 heavy (non-hydrogen) atoms. The Balaban J connectivity index is 1.17. The van der Waals surface area contributed by atoms with Crippen LogP contribution in [0.1, 0.15) is 47.2 Å². The van der Waals surface area contributed by atoms with Gasteiger partial charge in [-0.25, -0.2) is 0 Å². The second kappa shape index (κ2) is 11.2. The third kappa shape index (κ3) is 5.52. The summed E-state index contributed by atoms with van der Waals surface area (Å²) >= 11 is 7.92. The lowest BCUT2D eigenvalue weighted by Crippen LogP contribution is -2.50. The highest BCUT2D eigenvalue weighted by Crippen LogP contribution is 2.42. The Morgan fingerprint density at radius 1 is 1.11 bits per heavy atom. The fourth-order valence-electron chi connectivity index (χ4n) is 4.99. The molecule has 4 atom stereocenters. The van der Waals surface area contributed by atoms with Gasteiger partial charge in [-0.3, -0.25) is 14.6 Å². The largest absolute Gasteiger partial charge is 0.380 e. The number of carbonyl (C=O) groups is 2. The lowest BCUT2D eigenvalue weighted by atomic mass is 9.97. The van der Waals surface area contributed by atoms with Gasteiger partial charge in [0.2, 0.25) is 0 Å². The minimum absolute atomic E-state index is 0.120. The molecule has 0 saturated carbocycles. The summed E-state index contributed by atoms with van der Waals surface area (Å²) in [4.78, 5) is 32.9. The van der Waals surface area contributed by atoms with Crippen molar-refractivity contribution in [2.24, 2.45) is 0 Å². The zero-order chi connectivity index (χ0) is 25.9. The van der Waals surface area contributed by atoms with E-state index in [1.165, 1.54) is 15.4 Å². The molecular formula is C28H28ClN3O4S. The van der Waals surface area contributed by atoms with Crippen molar-refractivity contribution in [1.29, 1.82) is 0 Å². The molecule has 3 heterocycles. The number of hydrogen-bond acceptors (Lipinski definition) is 6. The van der Waals surface area contributed by atoms with Gasteiger partial charge in [-0.15, -0.1) is 11.8 Å². The molecule has 7 nitrogen and oxygen atoms in total. The highest BCUT2D eigenvalue weighted by atomic mass is 35.5. The number of thioether (sulfide) groups is 1. The molecule has 2 aliphatic heterocycles. The number of likely N-dealkylation sites (tertiary alicyclic amines) is 1. The number of hydrogen-bond donors (Lipinski definition) is 3. The molecule has 0 aliphatic carbocycles. The Kier molecular flexibility index (Phi) is 7.81. The molecule has 2 amide bonds. The van der Waals surface area contributed by atoms with Gasteiger partial charge in [0.15, 0.2) is 12.2 Å². The maximum Gasteiger partial charge on any atom is 0.255 e. The number of halogens is 1. The summed E-state index contributed by atoms with van der Waals surface area (Å²) in [7, 11) is 0. The Morgan fingerprint density at radius 3 is 2.73 bits per heavy atom. The molecule has 0 bridgehead atoms. The summed E-state index contributed by atoms with van der Waals surface area (Å²) in [6, 6.07) is 19.1. The molecule has 1 saturated heterocycles. The molecule has 2 aromatic carbocycles. The van der Waals surface area contributed by atoms with Crippen molar-refractivity contribution in [3.8, 4) is 0 Å². The number of pyridine rings is 1. The summed E-state index contributed by atoms with van der Waals surface area (Å²) in [5, 5.41) is 24.1. The second-order valence-electron chi connectivity index (χ2n) is 9.34. The van der Waals surface area contributed by atoms with Crippen molar-refractivity contribution < 1.29 is 19.8 Å². The predicted octanol–water partition coefficient (Wildman–Crippen LogP) is 3.67. The Morgan fingerprint density at radius 2 is 1.95 bits per heavy atom. The van der Waals surface area contributed by atoms with Crippen LogP contribution >= 0.6 is 23.4 Å². The highest BCUT2D eigenvalue weighted by Gasteiger charge is 2.38. The van der Waals surface area contributed by atoms with Crippen LogP contribution in [0.25, 0.3) is 0 Å².